The zero-order valence-corrected chi connectivity index (χ0v) is 13.4. The number of nitrogens with one attached hydrogen (secondary N) is 2. The van der Waals surface area contributed by atoms with Crippen molar-refractivity contribution in [3.8, 4) is 0 Å². The minimum absolute atomic E-state index is 0. The van der Waals surface area contributed by atoms with Crippen LogP contribution in [0.3, 0.4) is 0 Å². The molecule has 0 atom stereocenters. The van der Waals surface area contributed by atoms with Gasteiger partial charge in [0.05, 0.1) is 11.9 Å². The molecule has 0 saturated heterocycles. The van der Waals surface area contributed by atoms with Gasteiger partial charge < -0.3 is 16.4 Å². The number of rotatable bonds is 5. The number of hydrogen-bond donors (Lipinski definition) is 3. The Balaban J connectivity index is 0.00000400. The SMILES string of the molecule is CC(C)(C)C(=O)NCCCC(=O)Nc1ccc(N)nc1.Cl. The predicted molar refractivity (Wildman–Crippen MR) is 86.2 cm³/mol. The van der Waals surface area contributed by atoms with Gasteiger partial charge in [-0.15, -0.1) is 12.4 Å². The molecule has 0 aliphatic rings. The molecule has 7 heteroatoms. The second kappa shape index (κ2) is 8.46. The van der Waals surface area contributed by atoms with Gasteiger partial charge in [0.25, 0.3) is 0 Å². The minimum Gasteiger partial charge on any atom is -0.384 e. The third kappa shape index (κ3) is 7.51. The van der Waals surface area contributed by atoms with Crippen LogP contribution < -0.4 is 16.4 Å². The molecule has 0 radical (unpaired) electrons. The highest BCUT2D eigenvalue weighted by Gasteiger charge is 2.20. The fourth-order valence-electron chi connectivity index (χ4n) is 1.42. The summed E-state index contributed by atoms with van der Waals surface area (Å²) >= 11 is 0. The number of halogens is 1. The molecule has 0 unspecified atom stereocenters. The molecule has 1 aromatic rings. The van der Waals surface area contributed by atoms with E-state index in [0.29, 0.717) is 30.9 Å². The first kappa shape index (κ1) is 19.2. The van der Waals surface area contributed by atoms with Crippen molar-refractivity contribution in [3.63, 3.8) is 0 Å². The first-order chi connectivity index (χ1) is 9.29. The van der Waals surface area contributed by atoms with Crippen LogP contribution in [0.2, 0.25) is 0 Å². The van der Waals surface area contributed by atoms with E-state index in [1.807, 2.05) is 20.8 Å². The highest BCUT2D eigenvalue weighted by molar-refractivity contribution is 5.90. The largest absolute Gasteiger partial charge is 0.384 e. The summed E-state index contributed by atoms with van der Waals surface area (Å²) in [7, 11) is 0. The molecule has 1 aromatic heterocycles. The van der Waals surface area contributed by atoms with Crippen molar-refractivity contribution in [3.05, 3.63) is 18.3 Å². The topological polar surface area (TPSA) is 97.1 Å². The molecule has 0 fully saturated rings. The standard InChI is InChI=1S/C14H22N4O2.ClH/c1-14(2,3)13(20)16-8-4-5-12(19)18-10-6-7-11(15)17-9-10;/h6-7,9H,4-5,8H2,1-3H3,(H2,15,17)(H,16,20)(H,18,19);1H. The van der Waals surface area contributed by atoms with Crippen LogP contribution in [0.5, 0.6) is 0 Å². The summed E-state index contributed by atoms with van der Waals surface area (Å²) in [6, 6.07) is 3.32. The first-order valence-electron chi connectivity index (χ1n) is 6.59. The number of nitrogens with zero attached hydrogens (tertiary/aromatic N) is 1. The zero-order chi connectivity index (χ0) is 15.2. The molecular weight excluding hydrogens is 292 g/mol. The van der Waals surface area contributed by atoms with Crippen molar-refractivity contribution in [1.82, 2.24) is 10.3 Å². The van der Waals surface area contributed by atoms with Crippen molar-refractivity contribution in [1.29, 1.82) is 0 Å². The van der Waals surface area contributed by atoms with Crippen molar-refractivity contribution in [2.24, 2.45) is 5.41 Å². The van der Waals surface area contributed by atoms with E-state index in [-0.39, 0.29) is 24.2 Å². The maximum Gasteiger partial charge on any atom is 0.225 e. The smallest absolute Gasteiger partial charge is 0.225 e. The maximum absolute atomic E-state index is 11.7. The Kier molecular flexibility index (Phi) is 7.73. The molecule has 1 heterocycles. The monoisotopic (exact) mass is 314 g/mol. The summed E-state index contributed by atoms with van der Waals surface area (Å²) < 4.78 is 0. The van der Waals surface area contributed by atoms with Gasteiger partial charge in [-0.1, -0.05) is 20.8 Å². The van der Waals surface area contributed by atoms with E-state index in [2.05, 4.69) is 15.6 Å². The lowest BCUT2D eigenvalue weighted by molar-refractivity contribution is -0.128. The number of nitrogens with two attached hydrogens (primary N) is 1. The van der Waals surface area contributed by atoms with Crippen LogP contribution in [0, 0.1) is 5.41 Å². The average Bonchev–Trinajstić information content (AvgIpc) is 2.36. The molecule has 2 amide bonds. The number of pyridine rings is 1. The molecule has 0 aliphatic heterocycles. The summed E-state index contributed by atoms with van der Waals surface area (Å²) in [5.74, 6) is 0.287. The first-order valence-corrected chi connectivity index (χ1v) is 6.59. The molecule has 118 valence electrons. The lowest BCUT2D eigenvalue weighted by Crippen LogP contribution is -2.35. The van der Waals surface area contributed by atoms with Crippen LogP contribution in [-0.4, -0.2) is 23.3 Å². The Morgan fingerprint density at radius 2 is 1.95 bits per heavy atom. The average molecular weight is 315 g/mol. The number of amides is 2. The van der Waals surface area contributed by atoms with E-state index in [1.165, 1.54) is 6.20 Å². The number of carbonyl (C=O) groups excluding carboxylic acids is 2. The quantitative estimate of drug-likeness (QED) is 0.724. The molecule has 21 heavy (non-hydrogen) atoms. The summed E-state index contributed by atoms with van der Waals surface area (Å²) in [5.41, 5.74) is 5.66. The Labute approximate surface area is 131 Å². The molecular formula is C14H23ClN4O2. The Hall–Kier alpha value is -1.82. The molecule has 0 spiro atoms. The van der Waals surface area contributed by atoms with Gasteiger partial charge in [0.1, 0.15) is 5.82 Å². The zero-order valence-electron chi connectivity index (χ0n) is 12.6. The molecule has 0 aliphatic carbocycles. The third-order valence-corrected chi connectivity index (χ3v) is 2.62. The third-order valence-electron chi connectivity index (χ3n) is 2.62. The Morgan fingerprint density at radius 3 is 2.48 bits per heavy atom. The summed E-state index contributed by atoms with van der Waals surface area (Å²) in [6.45, 7) is 6.04. The highest BCUT2D eigenvalue weighted by Crippen LogP contribution is 2.12. The second-order valence-corrected chi connectivity index (χ2v) is 5.63. The van der Waals surface area contributed by atoms with Gasteiger partial charge >= 0.3 is 0 Å². The number of nitrogen functional groups attached to an aromatic ring is 1. The van der Waals surface area contributed by atoms with Crippen LogP contribution in [0.4, 0.5) is 11.5 Å². The molecule has 0 aromatic carbocycles. The summed E-state index contributed by atoms with van der Waals surface area (Å²) in [6.07, 6.45) is 2.44. The normalized spacial score (nSPS) is 10.4. The van der Waals surface area contributed by atoms with Gasteiger partial charge in [0, 0.05) is 18.4 Å². The van der Waals surface area contributed by atoms with E-state index >= 15 is 0 Å². The summed E-state index contributed by atoms with van der Waals surface area (Å²) in [5, 5.41) is 5.52. The number of carbonyl (C=O) groups is 2. The van der Waals surface area contributed by atoms with Gasteiger partial charge in [-0.2, -0.15) is 0 Å². The lowest BCUT2D eigenvalue weighted by Gasteiger charge is -2.17. The van der Waals surface area contributed by atoms with Crippen LogP contribution >= 0.6 is 12.4 Å². The number of hydrogen-bond acceptors (Lipinski definition) is 4. The molecule has 1 rings (SSSR count). The molecule has 4 N–H and O–H groups in total. The van der Waals surface area contributed by atoms with Gasteiger partial charge in [0.15, 0.2) is 0 Å². The van der Waals surface area contributed by atoms with Crippen molar-refractivity contribution >= 4 is 35.7 Å². The summed E-state index contributed by atoms with van der Waals surface area (Å²) in [4.78, 5) is 27.1. The highest BCUT2D eigenvalue weighted by atomic mass is 35.5. The van der Waals surface area contributed by atoms with E-state index in [1.54, 1.807) is 12.1 Å². The van der Waals surface area contributed by atoms with Gasteiger partial charge in [-0.05, 0) is 18.6 Å². The van der Waals surface area contributed by atoms with Crippen LogP contribution in [0.1, 0.15) is 33.6 Å². The maximum atomic E-state index is 11.7. The Bertz CT molecular complexity index is 469. The fraction of sp³-hybridized carbons (Fsp3) is 0.500. The molecule has 0 saturated carbocycles. The predicted octanol–water partition coefficient (Wildman–Crippen LogP) is 1.97. The van der Waals surface area contributed by atoms with E-state index in [9.17, 15) is 9.59 Å². The van der Waals surface area contributed by atoms with Crippen LogP contribution in [-0.2, 0) is 9.59 Å². The van der Waals surface area contributed by atoms with Crippen molar-refractivity contribution in [2.75, 3.05) is 17.6 Å². The molecule has 6 nitrogen and oxygen atoms in total. The number of aromatic nitrogens is 1. The fourth-order valence-corrected chi connectivity index (χ4v) is 1.42. The Morgan fingerprint density at radius 1 is 1.29 bits per heavy atom. The van der Waals surface area contributed by atoms with Gasteiger partial charge in [-0.3, -0.25) is 9.59 Å². The molecule has 0 bridgehead atoms. The van der Waals surface area contributed by atoms with Crippen molar-refractivity contribution < 1.29 is 9.59 Å². The van der Waals surface area contributed by atoms with Gasteiger partial charge in [0.2, 0.25) is 11.8 Å². The van der Waals surface area contributed by atoms with E-state index in [0.717, 1.165) is 0 Å². The lowest BCUT2D eigenvalue weighted by atomic mass is 9.96. The van der Waals surface area contributed by atoms with Gasteiger partial charge in [-0.25, -0.2) is 4.98 Å². The van der Waals surface area contributed by atoms with Crippen molar-refractivity contribution in [2.45, 2.75) is 33.6 Å². The van der Waals surface area contributed by atoms with Crippen LogP contribution in [0.15, 0.2) is 18.3 Å². The van der Waals surface area contributed by atoms with E-state index in [4.69, 9.17) is 5.73 Å². The minimum atomic E-state index is -0.405. The van der Waals surface area contributed by atoms with Crippen LogP contribution in [0.25, 0.3) is 0 Å². The second-order valence-electron chi connectivity index (χ2n) is 5.63. The van der Waals surface area contributed by atoms with E-state index < -0.39 is 5.41 Å². The number of anilines is 2.